The highest BCUT2D eigenvalue weighted by molar-refractivity contribution is 6.58. The lowest BCUT2D eigenvalue weighted by Crippen LogP contribution is -2.29. The first-order valence-corrected chi connectivity index (χ1v) is 3.75. The number of H-pyrrole nitrogens is 2. The van der Waals surface area contributed by atoms with Crippen molar-refractivity contribution in [1.82, 2.24) is 9.97 Å². The molecule has 0 spiro atoms. The van der Waals surface area contributed by atoms with E-state index in [1.807, 2.05) is 0 Å². The molecular weight excluding hydrogens is 171 g/mol. The number of nitrogens with one attached hydrogen (secondary N) is 2. The zero-order chi connectivity index (χ0) is 9.42. The highest BCUT2D eigenvalue weighted by Crippen LogP contribution is 2.02. The molecule has 0 aliphatic carbocycles. The Kier molecular flexibility index (Phi) is 1.71. The Labute approximate surface area is 73.2 Å². The molecule has 0 bridgehead atoms. The minimum absolute atomic E-state index is 0.306. The quantitative estimate of drug-likeness (QED) is 0.402. The monoisotopic (exact) mass is 178 g/mol. The van der Waals surface area contributed by atoms with E-state index >= 15 is 0 Å². The van der Waals surface area contributed by atoms with Gasteiger partial charge in [-0.1, -0.05) is 6.07 Å². The molecule has 2 rings (SSSR count). The third kappa shape index (κ3) is 1.37. The van der Waals surface area contributed by atoms with E-state index in [2.05, 4.69) is 9.97 Å². The molecule has 0 amide bonds. The van der Waals surface area contributed by atoms with E-state index in [-0.39, 0.29) is 5.69 Å². The van der Waals surface area contributed by atoms with Crippen LogP contribution in [0.4, 0.5) is 0 Å². The highest BCUT2D eigenvalue weighted by Gasteiger charge is 2.11. The first-order chi connectivity index (χ1) is 6.16. The summed E-state index contributed by atoms with van der Waals surface area (Å²) in [7, 11) is -1.51. The fourth-order valence-electron chi connectivity index (χ4n) is 1.21. The molecule has 1 heterocycles. The molecule has 2 aromatic rings. The smallest absolute Gasteiger partial charge is 0.423 e. The minimum atomic E-state index is -1.51. The number of benzene rings is 1. The van der Waals surface area contributed by atoms with Gasteiger partial charge >= 0.3 is 12.8 Å². The van der Waals surface area contributed by atoms with Crippen LogP contribution in [0, 0.1) is 0 Å². The third-order valence-electron chi connectivity index (χ3n) is 1.84. The number of hydrogen-bond acceptors (Lipinski definition) is 3. The third-order valence-corrected chi connectivity index (χ3v) is 1.84. The molecule has 0 atom stereocenters. The second-order valence-electron chi connectivity index (χ2n) is 2.76. The fourth-order valence-corrected chi connectivity index (χ4v) is 1.21. The number of aromatic nitrogens is 2. The van der Waals surface area contributed by atoms with E-state index in [1.54, 1.807) is 6.07 Å². The van der Waals surface area contributed by atoms with E-state index in [9.17, 15) is 4.79 Å². The molecular formula is C7H7BN2O3. The maximum atomic E-state index is 10.8. The lowest BCUT2D eigenvalue weighted by Gasteiger charge is -1.97. The van der Waals surface area contributed by atoms with Crippen molar-refractivity contribution in [2.45, 2.75) is 0 Å². The van der Waals surface area contributed by atoms with Crippen LogP contribution in [0.1, 0.15) is 0 Å². The Morgan fingerprint density at radius 3 is 2.54 bits per heavy atom. The average molecular weight is 178 g/mol. The van der Waals surface area contributed by atoms with Crippen molar-refractivity contribution in [3.05, 3.63) is 28.7 Å². The normalized spacial score (nSPS) is 10.6. The summed E-state index contributed by atoms with van der Waals surface area (Å²) in [5.74, 6) is 0. The van der Waals surface area contributed by atoms with Gasteiger partial charge in [-0.05, 0) is 17.6 Å². The van der Waals surface area contributed by atoms with Crippen LogP contribution in [0.25, 0.3) is 11.0 Å². The number of aromatic amines is 2. The van der Waals surface area contributed by atoms with Gasteiger partial charge in [0.2, 0.25) is 0 Å². The van der Waals surface area contributed by atoms with Crippen molar-refractivity contribution in [1.29, 1.82) is 0 Å². The van der Waals surface area contributed by atoms with Crippen LogP contribution < -0.4 is 11.2 Å². The first kappa shape index (κ1) is 8.09. The van der Waals surface area contributed by atoms with Crippen molar-refractivity contribution in [3.8, 4) is 0 Å². The van der Waals surface area contributed by atoms with Crippen molar-refractivity contribution >= 4 is 23.6 Å². The van der Waals surface area contributed by atoms with Gasteiger partial charge < -0.3 is 20.0 Å². The fraction of sp³-hybridized carbons (Fsp3) is 0. The Balaban J connectivity index is 2.68. The van der Waals surface area contributed by atoms with E-state index in [1.165, 1.54) is 12.1 Å². The molecule has 5 nitrogen and oxygen atoms in total. The van der Waals surface area contributed by atoms with Crippen molar-refractivity contribution < 1.29 is 10.0 Å². The van der Waals surface area contributed by atoms with Gasteiger partial charge in [-0.25, -0.2) is 4.79 Å². The van der Waals surface area contributed by atoms with E-state index < -0.39 is 7.12 Å². The first-order valence-electron chi connectivity index (χ1n) is 3.75. The minimum Gasteiger partial charge on any atom is -0.423 e. The molecule has 6 heteroatoms. The van der Waals surface area contributed by atoms with Crippen LogP contribution in [-0.4, -0.2) is 27.1 Å². The lowest BCUT2D eigenvalue weighted by atomic mass is 9.80. The summed E-state index contributed by atoms with van der Waals surface area (Å²) in [6.07, 6.45) is 0. The lowest BCUT2D eigenvalue weighted by molar-refractivity contribution is 0.426. The van der Waals surface area contributed by atoms with Gasteiger partial charge in [0.05, 0.1) is 11.0 Å². The van der Waals surface area contributed by atoms with Gasteiger partial charge in [-0.2, -0.15) is 0 Å². The maximum absolute atomic E-state index is 10.8. The number of imidazole rings is 1. The SMILES string of the molecule is O=c1[nH]c2ccc(B(O)O)cc2[nH]1. The van der Waals surface area contributed by atoms with E-state index in [0.29, 0.717) is 16.5 Å². The molecule has 0 radical (unpaired) electrons. The van der Waals surface area contributed by atoms with Gasteiger partial charge in [0.15, 0.2) is 0 Å². The van der Waals surface area contributed by atoms with Crippen molar-refractivity contribution in [3.63, 3.8) is 0 Å². The second-order valence-corrected chi connectivity index (χ2v) is 2.76. The molecule has 0 aliphatic heterocycles. The summed E-state index contributed by atoms with van der Waals surface area (Å²) in [6.45, 7) is 0. The summed E-state index contributed by atoms with van der Waals surface area (Å²) < 4.78 is 0. The van der Waals surface area contributed by atoms with Crippen molar-refractivity contribution in [2.24, 2.45) is 0 Å². The van der Waals surface area contributed by atoms with Gasteiger partial charge in [-0.15, -0.1) is 0 Å². The largest absolute Gasteiger partial charge is 0.488 e. The number of rotatable bonds is 1. The van der Waals surface area contributed by atoms with E-state index in [4.69, 9.17) is 10.0 Å². The molecule has 0 aliphatic rings. The zero-order valence-corrected chi connectivity index (χ0v) is 6.61. The van der Waals surface area contributed by atoms with Gasteiger partial charge in [0.1, 0.15) is 0 Å². The predicted octanol–water partition coefficient (Wildman–Crippen LogP) is -1.46. The number of fused-ring (bicyclic) bond motifs is 1. The molecule has 1 aromatic heterocycles. The maximum Gasteiger partial charge on any atom is 0.488 e. The van der Waals surface area contributed by atoms with Crippen LogP contribution in [-0.2, 0) is 0 Å². The molecule has 0 fully saturated rings. The topological polar surface area (TPSA) is 89.1 Å². The van der Waals surface area contributed by atoms with Crippen LogP contribution >= 0.6 is 0 Å². The molecule has 0 saturated heterocycles. The van der Waals surface area contributed by atoms with Crippen molar-refractivity contribution in [2.75, 3.05) is 0 Å². The molecule has 0 unspecified atom stereocenters. The standard InChI is InChI=1S/C7H7BN2O3/c11-7-9-5-2-1-4(8(12)13)3-6(5)10-7/h1-3,12-13H,(H2,9,10,11). The van der Waals surface area contributed by atoms with Crippen LogP contribution in [0.2, 0.25) is 0 Å². The highest BCUT2D eigenvalue weighted by atomic mass is 16.4. The van der Waals surface area contributed by atoms with Crippen LogP contribution in [0.3, 0.4) is 0 Å². The van der Waals surface area contributed by atoms with Gasteiger partial charge in [0, 0.05) is 0 Å². The summed E-state index contributed by atoms with van der Waals surface area (Å²) >= 11 is 0. The Bertz CT molecular complexity index is 488. The molecule has 13 heavy (non-hydrogen) atoms. The molecule has 0 saturated carbocycles. The van der Waals surface area contributed by atoms with Crippen LogP contribution in [0.15, 0.2) is 23.0 Å². The Hall–Kier alpha value is -1.53. The second kappa shape index (κ2) is 2.76. The number of hydrogen-bond donors (Lipinski definition) is 4. The summed E-state index contributed by atoms with van der Waals surface area (Å²) in [5.41, 5.74) is 1.26. The Morgan fingerprint density at radius 1 is 1.15 bits per heavy atom. The molecule has 66 valence electrons. The molecule has 1 aromatic carbocycles. The van der Waals surface area contributed by atoms with Gasteiger partial charge in [-0.3, -0.25) is 0 Å². The average Bonchev–Trinajstić information content (AvgIpc) is 2.42. The summed E-state index contributed by atoms with van der Waals surface area (Å²) in [5, 5.41) is 17.7. The zero-order valence-electron chi connectivity index (χ0n) is 6.61. The van der Waals surface area contributed by atoms with Gasteiger partial charge in [0.25, 0.3) is 0 Å². The predicted molar refractivity (Wildman–Crippen MR) is 48.7 cm³/mol. The van der Waals surface area contributed by atoms with E-state index in [0.717, 1.165) is 0 Å². The summed E-state index contributed by atoms with van der Waals surface area (Å²) in [4.78, 5) is 15.9. The Morgan fingerprint density at radius 2 is 1.85 bits per heavy atom. The summed E-state index contributed by atoms with van der Waals surface area (Å²) in [6, 6.07) is 4.66. The molecule has 4 N–H and O–H groups in total. The van der Waals surface area contributed by atoms with Crippen LogP contribution in [0.5, 0.6) is 0 Å².